The Kier molecular flexibility index (Phi) is 5.91. The van der Waals surface area contributed by atoms with Gasteiger partial charge in [-0.1, -0.05) is 29.8 Å². The van der Waals surface area contributed by atoms with Gasteiger partial charge in [-0.05, 0) is 62.8 Å². The average Bonchev–Trinajstić information content (AvgIpc) is 2.60. The zero-order chi connectivity index (χ0) is 14.5. The SMILES string of the molecule is CCCNC1CC(C)CCc2c(OCC)ccc(Br)c21. The van der Waals surface area contributed by atoms with Gasteiger partial charge in [0.25, 0.3) is 0 Å². The maximum Gasteiger partial charge on any atom is 0.122 e. The van der Waals surface area contributed by atoms with Crippen molar-refractivity contribution in [2.75, 3.05) is 13.2 Å². The molecule has 2 rings (SSSR count). The Labute approximate surface area is 131 Å². The van der Waals surface area contributed by atoms with Gasteiger partial charge in [0.15, 0.2) is 0 Å². The molecule has 1 N–H and O–H groups in total. The van der Waals surface area contributed by atoms with Gasteiger partial charge in [0.1, 0.15) is 5.75 Å². The molecule has 0 saturated carbocycles. The highest BCUT2D eigenvalue weighted by molar-refractivity contribution is 9.10. The Morgan fingerprint density at radius 3 is 2.85 bits per heavy atom. The van der Waals surface area contributed by atoms with Crippen molar-refractivity contribution in [3.63, 3.8) is 0 Å². The van der Waals surface area contributed by atoms with Crippen LogP contribution in [0.3, 0.4) is 0 Å². The lowest BCUT2D eigenvalue weighted by molar-refractivity contribution is 0.335. The minimum absolute atomic E-state index is 0.442. The van der Waals surface area contributed by atoms with Gasteiger partial charge in [-0.3, -0.25) is 0 Å². The van der Waals surface area contributed by atoms with Crippen LogP contribution in [-0.4, -0.2) is 13.2 Å². The van der Waals surface area contributed by atoms with Gasteiger partial charge < -0.3 is 10.1 Å². The highest BCUT2D eigenvalue weighted by atomic mass is 79.9. The van der Waals surface area contributed by atoms with E-state index in [1.165, 1.54) is 34.9 Å². The molecule has 20 heavy (non-hydrogen) atoms. The fraction of sp³-hybridized carbons (Fsp3) is 0.647. The number of fused-ring (bicyclic) bond motifs is 1. The van der Waals surface area contributed by atoms with Crippen LogP contribution in [0.15, 0.2) is 16.6 Å². The third-order valence-electron chi connectivity index (χ3n) is 4.08. The van der Waals surface area contributed by atoms with E-state index < -0.39 is 0 Å². The number of nitrogens with one attached hydrogen (secondary N) is 1. The Balaban J connectivity index is 2.40. The van der Waals surface area contributed by atoms with E-state index in [4.69, 9.17) is 4.74 Å². The van der Waals surface area contributed by atoms with Crippen LogP contribution in [0.4, 0.5) is 0 Å². The monoisotopic (exact) mass is 339 g/mol. The predicted octanol–water partition coefficient (Wildman–Crippen LogP) is 4.86. The lowest BCUT2D eigenvalue weighted by Gasteiger charge is -2.23. The molecule has 0 aliphatic heterocycles. The molecule has 0 heterocycles. The molecule has 2 nitrogen and oxygen atoms in total. The quantitative estimate of drug-likeness (QED) is 0.773. The Morgan fingerprint density at radius 1 is 1.35 bits per heavy atom. The molecule has 3 heteroatoms. The molecular formula is C17H26BrNO. The fourth-order valence-corrected chi connectivity index (χ4v) is 3.72. The first kappa shape index (κ1) is 15.8. The summed E-state index contributed by atoms with van der Waals surface area (Å²) in [5.74, 6) is 1.82. The van der Waals surface area contributed by atoms with Crippen LogP contribution in [0.2, 0.25) is 0 Å². The minimum Gasteiger partial charge on any atom is -0.494 e. The highest BCUT2D eigenvalue weighted by Gasteiger charge is 2.26. The molecule has 2 unspecified atom stereocenters. The summed E-state index contributed by atoms with van der Waals surface area (Å²) in [6, 6.07) is 4.69. The van der Waals surface area contributed by atoms with Gasteiger partial charge >= 0.3 is 0 Å². The topological polar surface area (TPSA) is 21.3 Å². The van der Waals surface area contributed by atoms with Crippen LogP contribution < -0.4 is 10.1 Å². The second-order valence-corrected chi connectivity index (χ2v) is 6.61. The lowest BCUT2D eigenvalue weighted by atomic mass is 9.96. The van der Waals surface area contributed by atoms with E-state index in [-0.39, 0.29) is 0 Å². The Morgan fingerprint density at radius 2 is 2.15 bits per heavy atom. The molecule has 0 bridgehead atoms. The maximum atomic E-state index is 5.85. The molecule has 1 aliphatic rings. The summed E-state index contributed by atoms with van der Waals surface area (Å²) in [4.78, 5) is 0. The van der Waals surface area contributed by atoms with Crippen molar-refractivity contribution in [1.82, 2.24) is 5.32 Å². The van der Waals surface area contributed by atoms with Crippen LogP contribution in [0.5, 0.6) is 5.75 Å². The first-order valence-electron chi connectivity index (χ1n) is 7.84. The molecule has 1 aromatic carbocycles. The summed E-state index contributed by atoms with van der Waals surface area (Å²) in [6.07, 6.45) is 4.74. The molecule has 0 fully saturated rings. The van der Waals surface area contributed by atoms with E-state index in [0.717, 1.165) is 31.2 Å². The first-order valence-corrected chi connectivity index (χ1v) is 8.64. The van der Waals surface area contributed by atoms with E-state index >= 15 is 0 Å². The third-order valence-corrected chi connectivity index (χ3v) is 4.77. The number of rotatable bonds is 5. The summed E-state index contributed by atoms with van der Waals surface area (Å²) in [6.45, 7) is 8.44. The zero-order valence-electron chi connectivity index (χ0n) is 12.8. The van der Waals surface area contributed by atoms with Crippen LogP contribution >= 0.6 is 15.9 Å². The lowest BCUT2D eigenvalue weighted by Crippen LogP contribution is -2.24. The zero-order valence-corrected chi connectivity index (χ0v) is 14.4. The second-order valence-electron chi connectivity index (χ2n) is 5.76. The fourth-order valence-electron chi connectivity index (χ4n) is 3.07. The van der Waals surface area contributed by atoms with Crippen molar-refractivity contribution in [2.24, 2.45) is 5.92 Å². The van der Waals surface area contributed by atoms with Crippen molar-refractivity contribution >= 4 is 15.9 Å². The summed E-state index contributed by atoms with van der Waals surface area (Å²) >= 11 is 3.76. The van der Waals surface area contributed by atoms with Gasteiger partial charge in [0.2, 0.25) is 0 Å². The smallest absolute Gasteiger partial charge is 0.122 e. The molecule has 0 saturated heterocycles. The van der Waals surface area contributed by atoms with Gasteiger partial charge in [0, 0.05) is 16.1 Å². The van der Waals surface area contributed by atoms with E-state index in [0.29, 0.717) is 6.04 Å². The van der Waals surface area contributed by atoms with Crippen molar-refractivity contribution in [3.8, 4) is 5.75 Å². The van der Waals surface area contributed by atoms with Gasteiger partial charge in [-0.2, -0.15) is 0 Å². The minimum atomic E-state index is 0.442. The van der Waals surface area contributed by atoms with Crippen molar-refractivity contribution < 1.29 is 4.74 Å². The molecule has 0 aromatic heterocycles. The summed E-state index contributed by atoms with van der Waals surface area (Å²) in [5.41, 5.74) is 2.83. The second kappa shape index (κ2) is 7.46. The summed E-state index contributed by atoms with van der Waals surface area (Å²) in [5, 5.41) is 3.72. The third kappa shape index (κ3) is 3.56. The summed E-state index contributed by atoms with van der Waals surface area (Å²) in [7, 11) is 0. The van der Waals surface area contributed by atoms with Crippen LogP contribution in [-0.2, 0) is 6.42 Å². The number of hydrogen-bond donors (Lipinski definition) is 1. The highest BCUT2D eigenvalue weighted by Crippen LogP contribution is 2.40. The van der Waals surface area contributed by atoms with Crippen LogP contribution in [0.1, 0.15) is 57.2 Å². The Bertz CT molecular complexity index is 447. The maximum absolute atomic E-state index is 5.85. The molecule has 1 aliphatic carbocycles. The van der Waals surface area contributed by atoms with Crippen molar-refractivity contribution in [3.05, 3.63) is 27.7 Å². The molecule has 0 radical (unpaired) electrons. The summed E-state index contributed by atoms with van der Waals surface area (Å²) < 4.78 is 7.08. The number of halogens is 1. The number of ether oxygens (including phenoxy) is 1. The number of benzene rings is 1. The van der Waals surface area contributed by atoms with Crippen LogP contribution in [0, 0.1) is 5.92 Å². The molecule has 0 spiro atoms. The normalized spacial score (nSPS) is 22.2. The molecule has 1 aromatic rings. The van der Waals surface area contributed by atoms with E-state index in [9.17, 15) is 0 Å². The molecule has 112 valence electrons. The molecular weight excluding hydrogens is 314 g/mol. The largest absolute Gasteiger partial charge is 0.494 e. The van der Waals surface area contributed by atoms with Gasteiger partial charge in [-0.15, -0.1) is 0 Å². The van der Waals surface area contributed by atoms with E-state index in [1.54, 1.807) is 0 Å². The van der Waals surface area contributed by atoms with Crippen molar-refractivity contribution in [1.29, 1.82) is 0 Å². The molecule has 2 atom stereocenters. The first-order chi connectivity index (χ1) is 9.67. The number of hydrogen-bond acceptors (Lipinski definition) is 2. The van der Waals surface area contributed by atoms with Crippen molar-refractivity contribution in [2.45, 2.75) is 52.5 Å². The van der Waals surface area contributed by atoms with E-state index in [2.05, 4.69) is 54.2 Å². The predicted molar refractivity (Wildman–Crippen MR) is 88.4 cm³/mol. The molecule has 0 amide bonds. The Hall–Kier alpha value is -0.540. The van der Waals surface area contributed by atoms with Gasteiger partial charge in [-0.25, -0.2) is 0 Å². The van der Waals surface area contributed by atoms with Gasteiger partial charge in [0.05, 0.1) is 6.61 Å². The van der Waals surface area contributed by atoms with E-state index in [1.807, 2.05) is 0 Å². The standard InChI is InChI=1S/C17H26BrNO/c1-4-10-19-15-11-12(3)6-7-13-16(20-5-2)9-8-14(18)17(13)15/h8-9,12,15,19H,4-7,10-11H2,1-3H3. The van der Waals surface area contributed by atoms with Crippen LogP contribution in [0.25, 0.3) is 0 Å². The average molecular weight is 340 g/mol.